The molecule has 4 nitrogen and oxygen atoms in total. The number of para-hydroxylation sites is 1. The molecule has 0 radical (unpaired) electrons. The van der Waals surface area contributed by atoms with Crippen LogP contribution in [-0.2, 0) is 0 Å². The number of H-pyrrole nitrogens is 1. The van der Waals surface area contributed by atoms with Crippen LogP contribution >= 0.6 is 0 Å². The summed E-state index contributed by atoms with van der Waals surface area (Å²) in [6.07, 6.45) is 1.67. The Morgan fingerprint density at radius 2 is 1.95 bits per heavy atom. The molecule has 2 aromatic carbocycles. The third-order valence-corrected chi connectivity index (χ3v) is 3.30. The highest BCUT2D eigenvalue weighted by Crippen LogP contribution is 2.26. The van der Waals surface area contributed by atoms with Gasteiger partial charge in [0.05, 0.1) is 16.9 Å². The van der Waals surface area contributed by atoms with Gasteiger partial charge in [0.2, 0.25) is 0 Å². The molecule has 0 aliphatic rings. The summed E-state index contributed by atoms with van der Waals surface area (Å²) >= 11 is 0. The van der Waals surface area contributed by atoms with Crippen molar-refractivity contribution in [1.29, 1.82) is 0 Å². The van der Waals surface area contributed by atoms with E-state index in [1.165, 1.54) is 0 Å². The van der Waals surface area contributed by atoms with E-state index in [1.54, 1.807) is 12.1 Å². The average Bonchev–Trinajstić information content (AvgIpc) is 2.91. The highest BCUT2D eigenvalue weighted by molar-refractivity contribution is 5.94. The van der Waals surface area contributed by atoms with E-state index in [2.05, 4.69) is 21.9 Å². The molecule has 0 saturated carbocycles. The van der Waals surface area contributed by atoms with Gasteiger partial charge in [-0.25, -0.2) is 8.78 Å². The Hall–Kier alpha value is -3.02. The maximum absolute atomic E-state index is 13.4. The fourth-order valence-corrected chi connectivity index (χ4v) is 2.22. The van der Waals surface area contributed by atoms with Gasteiger partial charge in [-0.3, -0.25) is 10.1 Å². The molecule has 3 rings (SSSR count). The van der Waals surface area contributed by atoms with E-state index in [0.29, 0.717) is 28.0 Å². The van der Waals surface area contributed by atoms with Gasteiger partial charge in [0.1, 0.15) is 5.69 Å². The van der Waals surface area contributed by atoms with Gasteiger partial charge in [-0.2, -0.15) is 5.10 Å². The molecule has 110 valence electrons. The number of nitrogens with one attached hydrogen (secondary N) is 1. The van der Waals surface area contributed by atoms with Crippen molar-refractivity contribution >= 4 is 35.1 Å². The molecule has 22 heavy (non-hydrogen) atoms. The van der Waals surface area contributed by atoms with Crippen LogP contribution in [0.25, 0.3) is 22.7 Å². The first-order valence-electron chi connectivity index (χ1n) is 6.46. The van der Waals surface area contributed by atoms with E-state index in [4.69, 9.17) is 5.73 Å². The van der Waals surface area contributed by atoms with E-state index in [0.717, 1.165) is 17.7 Å². The van der Waals surface area contributed by atoms with Gasteiger partial charge >= 0.3 is 0 Å². The van der Waals surface area contributed by atoms with Crippen molar-refractivity contribution in [2.24, 2.45) is 10.7 Å². The molecule has 1 aromatic heterocycles. The second-order valence-corrected chi connectivity index (χ2v) is 4.70. The summed E-state index contributed by atoms with van der Waals surface area (Å²) in [5, 5.41) is 7.08. The number of aliphatic imine (C=N–C) groups is 1. The Balaban J connectivity index is 2.12. The van der Waals surface area contributed by atoms with Crippen molar-refractivity contribution in [1.82, 2.24) is 10.2 Å². The fourth-order valence-electron chi connectivity index (χ4n) is 2.22. The molecule has 3 aromatic rings. The molecule has 3 N–H and O–H groups in total. The van der Waals surface area contributed by atoms with Crippen LogP contribution in [0.1, 0.15) is 11.3 Å². The predicted molar refractivity (Wildman–Crippen MR) is 83.7 cm³/mol. The minimum atomic E-state index is -0.948. The van der Waals surface area contributed by atoms with Gasteiger partial charge in [-0.15, -0.1) is 0 Å². The third-order valence-electron chi connectivity index (χ3n) is 3.30. The monoisotopic (exact) mass is 298 g/mol. The van der Waals surface area contributed by atoms with E-state index in [-0.39, 0.29) is 0 Å². The number of nitrogens with zero attached hydrogens (tertiary/aromatic N) is 2. The first-order valence-corrected chi connectivity index (χ1v) is 6.46. The quantitative estimate of drug-likeness (QED) is 0.725. The smallest absolute Gasteiger partial charge is 0.160 e. The van der Waals surface area contributed by atoms with Crippen LogP contribution < -0.4 is 5.73 Å². The van der Waals surface area contributed by atoms with Crippen molar-refractivity contribution < 1.29 is 8.78 Å². The average molecular weight is 298 g/mol. The first-order chi connectivity index (χ1) is 10.6. The SMILES string of the molecule is C=Nc1ccccc1/C=C(\N)c1n[nH]c2cc(F)c(F)cc12. The van der Waals surface area contributed by atoms with Crippen LogP contribution in [-0.4, -0.2) is 16.9 Å². The summed E-state index contributed by atoms with van der Waals surface area (Å²) in [7, 11) is 0. The van der Waals surface area contributed by atoms with Gasteiger partial charge in [-0.05, 0) is 24.9 Å². The second-order valence-electron chi connectivity index (χ2n) is 4.70. The zero-order valence-corrected chi connectivity index (χ0v) is 11.5. The molecule has 0 aliphatic heterocycles. The van der Waals surface area contributed by atoms with Crippen LogP contribution in [0.2, 0.25) is 0 Å². The lowest BCUT2D eigenvalue weighted by Gasteiger charge is -2.02. The summed E-state index contributed by atoms with van der Waals surface area (Å²) in [4.78, 5) is 3.90. The lowest BCUT2D eigenvalue weighted by molar-refractivity contribution is 0.511. The normalized spacial score (nSPS) is 11.8. The third kappa shape index (κ3) is 2.35. The molecular formula is C16H12F2N4. The Morgan fingerprint density at radius 1 is 1.23 bits per heavy atom. The van der Waals surface area contributed by atoms with Gasteiger partial charge in [0.15, 0.2) is 11.6 Å². The Morgan fingerprint density at radius 3 is 2.73 bits per heavy atom. The molecule has 0 spiro atoms. The van der Waals surface area contributed by atoms with Crippen LogP contribution in [0, 0.1) is 11.6 Å². The summed E-state index contributed by atoms with van der Waals surface area (Å²) in [6, 6.07) is 9.41. The van der Waals surface area contributed by atoms with Crippen molar-refractivity contribution in [3.05, 3.63) is 59.3 Å². The summed E-state index contributed by atoms with van der Waals surface area (Å²) < 4.78 is 26.6. The summed E-state index contributed by atoms with van der Waals surface area (Å²) in [5.41, 5.74) is 8.52. The maximum atomic E-state index is 13.4. The molecule has 0 unspecified atom stereocenters. The minimum Gasteiger partial charge on any atom is -0.397 e. The van der Waals surface area contributed by atoms with Gasteiger partial charge in [0, 0.05) is 17.0 Å². The maximum Gasteiger partial charge on any atom is 0.160 e. The van der Waals surface area contributed by atoms with Crippen molar-refractivity contribution in [3.8, 4) is 0 Å². The van der Waals surface area contributed by atoms with Crippen molar-refractivity contribution in [2.75, 3.05) is 0 Å². The Labute approximate surface area is 125 Å². The van der Waals surface area contributed by atoms with E-state index in [1.807, 2.05) is 18.2 Å². The molecule has 0 saturated heterocycles. The number of aromatic amines is 1. The molecular weight excluding hydrogens is 286 g/mol. The predicted octanol–water partition coefficient (Wildman–Crippen LogP) is 3.63. The van der Waals surface area contributed by atoms with Crippen molar-refractivity contribution in [2.45, 2.75) is 0 Å². The number of rotatable bonds is 3. The highest BCUT2D eigenvalue weighted by atomic mass is 19.2. The molecule has 1 heterocycles. The molecule has 0 amide bonds. The lowest BCUT2D eigenvalue weighted by Crippen LogP contribution is -1.97. The van der Waals surface area contributed by atoms with Crippen molar-refractivity contribution in [3.63, 3.8) is 0 Å². The summed E-state index contributed by atoms with van der Waals surface area (Å²) in [5.74, 6) is -1.89. The van der Waals surface area contributed by atoms with E-state index < -0.39 is 11.6 Å². The largest absolute Gasteiger partial charge is 0.397 e. The number of nitrogens with two attached hydrogens (primary N) is 1. The topological polar surface area (TPSA) is 67.1 Å². The zero-order valence-electron chi connectivity index (χ0n) is 11.5. The molecule has 0 bridgehead atoms. The van der Waals surface area contributed by atoms with Crippen LogP contribution in [0.5, 0.6) is 0 Å². The number of halogens is 2. The minimum absolute atomic E-state index is 0.313. The number of benzene rings is 2. The zero-order chi connectivity index (χ0) is 15.7. The highest BCUT2D eigenvalue weighted by Gasteiger charge is 2.12. The van der Waals surface area contributed by atoms with Crippen LogP contribution in [0.3, 0.4) is 0 Å². The Bertz CT molecular complexity index is 896. The van der Waals surface area contributed by atoms with Gasteiger partial charge in [-0.1, -0.05) is 18.2 Å². The standard InChI is InChI=1S/C16H12F2N4/c1-20-14-5-3-2-4-9(14)6-13(19)16-10-7-11(17)12(18)8-15(10)21-22-16/h2-8H,1,19H2,(H,21,22)/b13-6-. The Kier molecular flexibility index (Phi) is 3.42. The first kappa shape index (κ1) is 13.9. The number of aromatic nitrogens is 2. The van der Waals surface area contributed by atoms with Crippen LogP contribution in [0.4, 0.5) is 14.5 Å². The lowest BCUT2D eigenvalue weighted by atomic mass is 10.1. The molecule has 0 fully saturated rings. The number of fused-ring (bicyclic) bond motifs is 1. The number of hydrogen-bond donors (Lipinski definition) is 2. The molecule has 0 atom stereocenters. The van der Waals surface area contributed by atoms with Gasteiger partial charge < -0.3 is 5.73 Å². The number of hydrogen-bond acceptors (Lipinski definition) is 3. The van der Waals surface area contributed by atoms with E-state index >= 15 is 0 Å². The second kappa shape index (κ2) is 5.40. The van der Waals surface area contributed by atoms with Gasteiger partial charge in [0.25, 0.3) is 0 Å². The van der Waals surface area contributed by atoms with E-state index in [9.17, 15) is 8.78 Å². The van der Waals surface area contributed by atoms with Crippen LogP contribution in [0.15, 0.2) is 41.4 Å². The summed E-state index contributed by atoms with van der Waals surface area (Å²) in [6.45, 7) is 3.50. The fraction of sp³-hybridized carbons (Fsp3) is 0. The molecule has 0 aliphatic carbocycles. The molecule has 6 heteroatoms.